The minimum Gasteiger partial charge on any atom is -0.422 e. The molecule has 9 heteroatoms. The van der Waals surface area contributed by atoms with E-state index in [0.717, 1.165) is 15.2 Å². The number of nitrogens with zero attached hydrogens (tertiary/aromatic N) is 1. The van der Waals surface area contributed by atoms with E-state index in [0.29, 0.717) is 11.1 Å². The summed E-state index contributed by atoms with van der Waals surface area (Å²) >= 11 is 9.44. The van der Waals surface area contributed by atoms with Gasteiger partial charge in [-0.2, -0.15) is 5.10 Å². The molecule has 7 nitrogen and oxygen atoms in total. The van der Waals surface area contributed by atoms with E-state index >= 15 is 0 Å². The van der Waals surface area contributed by atoms with Crippen molar-refractivity contribution < 1.29 is 19.1 Å². The number of ether oxygens (including phenoxy) is 1. The summed E-state index contributed by atoms with van der Waals surface area (Å²) in [4.78, 5) is 37.2. The highest BCUT2D eigenvalue weighted by Crippen LogP contribution is 2.28. The van der Waals surface area contributed by atoms with Crippen molar-refractivity contribution in [3.8, 4) is 5.75 Å². The van der Waals surface area contributed by atoms with Crippen LogP contribution in [0.1, 0.15) is 26.3 Å². The summed E-state index contributed by atoms with van der Waals surface area (Å²) in [5.41, 5.74) is 3.52. The largest absolute Gasteiger partial charge is 0.422 e. The standard InChI is InChI=1S/C27H19BrClN3O4/c28-19-8-5-7-18(14-19)26(34)30-16-25(33)32-31-15-22-20-9-2-1-6-17(20)12-13-24(22)36-27(35)21-10-3-4-11-23(21)29/h1-15H,16H2,(H,30,34)(H,32,33). The van der Waals surface area contributed by atoms with Gasteiger partial charge in [-0.05, 0) is 47.2 Å². The molecule has 4 aromatic rings. The maximum absolute atomic E-state index is 12.7. The van der Waals surface area contributed by atoms with Crippen molar-refractivity contribution in [2.45, 2.75) is 0 Å². The van der Waals surface area contributed by atoms with Gasteiger partial charge in [-0.15, -0.1) is 0 Å². The molecular weight excluding hydrogens is 546 g/mol. The Morgan fingerprint density at radius 1 is 0.944 bits per heavy atom. The van der Waals surface area contributed by atoms with Gasteiger partial charge < -0.3 is 10.1 Å². The molecular formula is C27H19BrClN3O4. The van der Waals surface area contributed by atoms with Gasteiger partial charge in [0.05, 0.1) is 23.3 Å². The average molecular weight is 565 g/mol. The van der Waals surface area contributed by atoms with Crippen molar-refractivity contribution in [3.05, 3.63) is 111 Å². The van der Waals surface area contributed by atoms with Crippen LogP contribution in [0.2, 0.25) is 5.02 Å². The SMILES string of the molecule is O=C(CNC(=O)c1cccc(Br)c1)NN=Cc1c(OC(=O)c2ccccc2Cl)ccc2ccccc12. The molecule has 36 heavy (non-hydrogen) atoms. The Morgan fingerprint density at radius 3 is 2.53 bits per heavy atom. The molecule has 4 aromatic carbocycles. The number of hydrogen-bond donors (Lipinski definition) is 2. The smallest absolute Gasteiger partial charge is 0.345 e. The molecule has 0 bridgehead atoms. The number of nitrogens with one attached hydrogen (secondary N) is 2. The van der Waals surface area contributed by atoms with Gasteiger partial charge in [-0.3, -0.25) is 9.59 Å². The summed E-state index contributed by atoms with van der Waals surface area (Å²) in [6.45, 7) is -0.271. The Hall–Kier alpha value is -4.01. The van der Waals surface area contributed by atoms with Crippen LogP contribution in [-0.2, 0) is 4.79 Å². The number of esters is 1. The van der Waals surface area contributed by atoms with Crippen LogP contribution in [-0.4, -0.2) is 30.5 Å². The fourth-order valence-electron chi connectivity index (χ4n) is 3.38. The van der Waals surface area contributed by atoms with Gasteiger partial charge in [0, 0.05) is 15.6 Å². The first-order valence-electron chi connectivity index (χ1n) is 10.8. The van der Waals surface area contributed by atoms with Gasteiger partial charge in [0.15, 0.2) is 0 Å². The molecule has 0 aliphatic heterocycles. The van der Waals surface area contributed by atoms with Crippen LogP contribution in [0.5, 0.6) is 5.75 Å². The minimum atomic E-state index is -0.621. The van der Waals surface area contributed by atoms with E-state index in [-0.39, 0.29) is 22.9 Å². The van der Waals surface area contributed by atoms with Crippen LogP contribution in [0.3, 0.4) is 0 Å². The van der Waals surface area contributed by atoms with E-state index in [1.165, 1.54) is 6.21 Å². The van der Waals surface area contributed by atoms with Crippen molar-refractivity contribution in [1.29, 1.82) is 0 Å². The molecule has 2 N–H and O–H groups in total. The maximum Gasteiger partial charge on any atom is 0.345 e. The van der Waals surface area contributed by atoms with E-state index in [2.05, 4.69) is 31.8 Å². The number of hydrogen-bond acceptors (Lipinski definition) is 5. The fraction of sp³-hybridized carbons (Fsp3) is 0.0370. The molecule has 180 valence electrons. The molecule has 0 heterocycles. The van der Waals surface area contributed by atoms with Crippen molar-refractivity contribution in [2.24, 2.45) is 5.10 Å². The first kappa shape index (κ1) is 25.1. The van der Waals surface area contributed by atoms with Gasteiger partial charge in [-0.1, -0.05) is 76.1 Å². The highest BCUT2D eigenvalue weighted by atomic mass is 79.9. The molecule has 0 aromatic heterocycles. The molecule has 4 rings (SSSR count). The quantitative estimate of drug-likeness (QED) is 0.137. The maximum atomic E-state index is 12.7. The van der Waals surface area contributed by atoms with Crippen LogP contribution in [0.25, 0.3) is 10.8 Å². The average Bonchev–Trinajstić information content (AvgIpc) is 2.88. The molecule has 0 saturated carbocycles. The second kappa shape index (κ2) is 11.6. The van der Waals surface area contributed by atoms with E-state index < -0.39 is 17.8 Å². The second-order valence-corrected chi connectivity index (χ2v) is 8.88. The number of hydrazone groups is 1. The molecule has 0 fully saturated rings. The second-order valence-electron chi connectivity index (χ2n) is 7.55. The third-order valence-electron chi connectivity index (χ3n) is 5.11. The molecule has 0 aliphatic rings. The van der Waals surface area contributed by atoms with Gasteiger partial charge in [-0.25, -0.2) is 10.2 Å². The van der Waals surface area contributed by atoms with Gasteiger partial charge >= 0.3 is 5.97 Å². The van der Waals surface area contributed by atoms with E-state index in [1.807, 2.05) is 30.3 Å². The highest BCUT2D eigenvalue weighted by Gasteiger charge is 2.16. The summed E-state index contributed by atoms with van der Waals surface area (Å²) in [5, 5.41) is 8.48. The minimum absolute atomic E-state index is 0.227. The van der Waals surface area contributed by atoms with E-state index in [4.69, 9.17) is 16.3 Å². The Labute approximate surface area is 220 Å². The third kappa shape index (κ3) is 6.16. The Balaban J connectivity index is 1.48. The lowest BCUT2D eigenvalue weighted by Crippen LogP contribution is -2.34. The number of fused-ring (bicyclic) bond motifs is 1. The molecule has 2 amide bonds. The molecule has 0 radical (unpaired) electrons. The van der Waals surface area contributed by atoms with E-state index in [9.17, 15) is 14.4 Å². The molecule has 0 unspecified atom stereocenters. The molecule has 0 aliphatic carbocycles. The lowest BCUT2D eigenvalue weighted by atomic mass is 10.0. The Kier molecular flexibility index (Phi) is 8.10. The first-order valence-corrected chi connectivity index (χ1v) is 11.9. The first-order chi connectivity index (χ1) is 17.4. The van der Waals surface area contributed by atoms with Gasteiger partial charge in [0.25, 0.3) is 11.8 Å². The summed E-state index contributed by atoms with van der Waals surface area (Å²) in [6, 6.07) is 24.3. The topological polar surface area (TPSA) is 96.9 Å². The number of carbonyl (C=O) groups excluding carboxylic acids is 3. The number of rotatable bonds is 7. The number of halogens is 2. The zero-order valence-electron chi connectivity index (χ0n) is 18.7. The van der Waals surface area contributed by atoms with Crippen LogP contribution in [0.4, 0.5) is 0 Å². The van der Waals surface area contributed by atoms with Crippen LogP contribution < -0.4 is 15.5 Å². The summed E-state index contributed by atoms with van der Waals surface area (Å²) in [7, 11) is 0. The predicted octanol–water partition coefficient (Wildman–Crippen LogP) is 5.36. The fourth-order valence-corrected chi connectivity index (χ4v) is 3.99. The zero-order chi connectivity index (χ0) is 25.5. The summed E-state index contributed by atoms with van der Waals surface area (Å²) in [6.07, 6.45) is 1.39. The number of amides is 2. The van der Waals surface area contributed by atoms with Gasteiger partial charge in [0.2, 0.25) is 0 Å². The number of benzene rings is 4. The van der Waals surface area contributed by atoms with Gasteiger partial charge in [0.1, 0.15) is 5.75 Å². The summed E-state index contributed by atoms with van der Waals surface area (Å²) in [5.74, 6) is -1.29. The third-order valence-corrected chi connectivity index (χ3v) is 5.93. The summed E-state index contributed by atoms with van der Waals surface area (Å²) < 4.78 is 6.38. The number of carbonyl (C=O) groups is 3. The van der Waals surface area contributed by atoms with Crippen molar-refractivity contribution in [3.63, 3.8) is 0 Å². The molecule has 0 spiro atoms. The lowest BCUT2D eigenvalue weighted by Gasteiger charge is -2.11. The van der Waals surface area contributed by atoms with Crippen LogP contribution >= 0.6 is 27.5 Å². The van der Waals surface area contributed by atoms with Crippen LogP contribution in [0, 0.1) is 0 Å². The Morgan fingerprint density at radius 2 is 1.72 bits per heavy atom. The normalized spacial score (nSPS) is 10.8. The lowest BCUT2D eigenvalue weighted by molar-refractivity contribution is -0.120. The highest BCUT2D eigenvalue weighted by molar-refractivity contribution is 9.10. The monoisotopic (exact) mass is 563 g/mol. The predicted molar refractivity (Wildman–Crippen MR) is 143 cm³/mol. The van der Waals surface area contributed by atoms with E-state index in [1.54, 1.807) is 54.6 Å². The van der Waals surface area contributed by atoms with Crippen molar-refractivity contribution in [1.82, 2.24) is 10.7 Å². The zero-order valence-corrected chi connectivity index (χ0v) is 21.0. The Bertz CT molecular complexity index is 1490. The van der Waals surface area contributed by atoms with Crippen molar-refractivity contribution in [2.75, 3.05) is 6.54 Å². The molecule has 0 atom stereocenters. The van der Waals surface area contributed by atoms with Crippen molar-refractivity contribution >= 4 is 62.3 Å². The van der Waals surface area contributed by atoms with Crippen LogP contribution in [0.15, 0.2) is 94.5 Å². The molecule has 0 saturated heterocycles.